The van der Waals surface area contributed by atoms with Gasteiger partial charge in [-0.1, -0.05) is 36.4 Å². The Balaban J connectivity index is 1.54. The van der Waals surface area contributed by atoms with Gasteiger partial charge in [0.15, 0.2) is 0 Å². The lowest BCUT2D eigenvalue weighted by Gasteiger charge is -2.08. The lowest BCUT2D eigenvalue weighted by Crippen LogP contribution is -2.26. The number of amides is 1. The van der Waals surface area contributed by atoms with Gasteiger partial charge in [-0.25, -0.2) is 9.97 Å². The number of methoxy groups -OCH3 is 1. The Kier molecular flexibility index (Phi) is 5.77. The molecule has 26 heavy (non-hydrogen) atoms. The molecule has 3 rings (SSSR count). The molecular weight excluding hydrogens is 328 g/mol. The van der Waals surface area contributed by atoms with Crippen molar-refractivity contribution in [3.63, 3.8) is 0 Å². The van der Waals surface area contributed by atoms with Crippen LogP contribution in [0.5, 0.6) is 5.75 Å². The molecule has 2 N–H and O–H groups in total. The SMILES string of the molecule is COc1cccc(Nc2ncc(C(=O)NCCc3ccccc3)cn2)c1. The maximum Gasteiger partial charge on any atom is 0.254 e. The second-order valence-electron chi connectivity index (χ2n) is 5.64. The van der Waals surface area contributed by atoms with Crippen molar-refractivity contribution < 1.29 is 9.53 Å². The minimum absolute atomic E-state index is 0.186. The molecule has 0 fully saturated rings. The minimum atomic E-state index is -0.186. The lowest BCUT2D eigenvalue weighted by atomic mass is 10.1. The standard InChI is InChI=1S/C20H20N4O2/c1-26-18-9-5-8-17(12-18)24-20-22-13-16(14-23-20)19(25)21-11-10-15-6-3-2-4-7-15/h2-9,12-14H,10-11H2,1H3,(H,21,25)(H,22,23,24). The summed E-state index contributed by atoms with van der Waals surface area (Å²) in [5.74, 6) is 0.970. The molecule has 6 nitrogen and oxygen atoms in total. The first-order chi connectivity index (χ1) is 12.7. The van der Waals surface area contributed by atoms with E-state index in [-0.39, 0.29) is 5.91 Å². The predicted octanol–water partition coefficient (Wildman–Crippen LogP) is 3.20. The zero-order chi connectivity index (χ0) is 18.2. The van der Waals surface area contributed by atoms with Crippen LogP contribution in [0, 0.1) is 0 Å². The number of rotatable bonds is 7. The van der Waals surface area contributed by atoms with Crippen LogP contribution in [0.15, 0.2) is 67.0 Å². The van der Waals surface area contributed by atoms with Gasteiger partial charge >= 0.3 is 0 Å². The maximum absolute atomic E-state index is 12.2. The first-order valence-electron chi connectivity index (χ1n) is 8.30. The van der Waals surface area contributed by atoms with E-state index in [1.54, 1.807) is 7.11 Å². The molecule has 1 heterocycles. The molecule has 6 heteroatoms. The van der Waals surface area contributed by atoms with Crippen LogP contribution in [0.4, 0.5) is 11.6 Å². The van der Waals surface area contributed by atoms with Gasteiger partial charge in [0.25, 0.3) is 5.91 Å². The molecule has 0 aliphatic rings. The number of benzene rings is 2. The molecule has 2 aromatic carbocycles. The molecule has 3 aromatic rings. The van der Waals surface area contributed by atoms with Gasteiger partial charge in [0.05, 0.1) is 12.7 Å². The van der Waals surface area contributed by atoms with Gasteiger partial charge in [0.2, 0.25) is 5.95 Å². The normalized spacial score (nSPS) is 10.2. The fraction of sp³-hybridized carbons (Fsp3) is 0.150. The molecular formula is C20H20N4O2. The topological polar surface area (TPSA) is 76.1 Å². The number of nitrogens with zero attached hydrogens (tertiary/aromatic N) is 2. The number of carbonyl (C=O) groups is 1. The summed E-state index contributed by atoms with van der Waals surface area (Å²) >= 11 is 0. The van der Waals surface area contributed by atoms with Gasteiger partial charge in [-0.3, -0.25) is 4.79 Å². The number of ether oxygens (including phenoxy) is 1. The van der Waals surface area contributed by atoms with Crippen LogP contribution < -0.4 is 15.4 Å². The van der Waals surface area contributed by atoms with Crippen molar-refractivity contribution in [1.29, 1.82) is 0 Å². The second kappa shape index (κ2) is 8.62. The predicted molar refractivity (Wildman–Crippen MR) is 101 cm³/mol. The number of carbonyl (C=O) groups excluding carboxylic acids is 1. The Labute approximate surface area is 152 Å². The summed E-state index contributed by atoms with van der Waals surface area (Å²) < 4.78 is 5.18. The molecule has 1 aromatic heterocycles. The number of hydrogen-bond donors (Lipinski definition) is 2. The summed E-state index contributed by atoms with van der Waals surface area (Å²) in [6, 6.07) is 17.5. The average molecular weight is 348 g/mol. The third kappa shape index (κ3) is 4.80. The highest BCUT2D eigenvalue weighted by Gasteiger charge is 2.07. The van der Waals surface area contributed by atoms with Gasteiger partial charge in [0, 0.05) is 30.7 Å². The molecule has 0 bridgehead atoms. The van der Waals surface area contributed by atoms with Crippen molar-refractivity contribution in [3.8, 4) is 5.75 Å². The maximum atomic E-state index is 12.2. The van der Waals surface area contributed by atoms with Gasteiger partial charge in [-0.05, 0) is 24.1 Å². The van der Waals surface area contributed by atoms with Crippen LogP contribution in [0.1, 0.15) is 15.9 Å². The van der Waals surface area contributed by atoms with Gasteiger partial charge in [-0.15, -0.1) is 0 Å². The van der Waals surface area contributed by atoms with Crippen LogP contribution in [0.25, 0.3) is 0 Å². The van der Waals surface area contributed by atoms with E-state index < -0.39 is 0 Å². The lowest BCUT2D eigenvalue weighted by molar-refractivity contribution is 0.0953. The van der Waals surface area contributed by atoms with Gasteiger partial charge in [0.1, 0.15) is 5.75 Å². The summed E-state index contributed by atoms with van der Waals surface area (Å²) in [6.45, 7) is 0.562. The second-order valence-corrected chi connectivity index (χ2v) is 5.64. The van der Waals surface area contributed by atoms with Crippen molar-refractivity contribution in [2.45, 2.75) is 6.42 Å². The minimum Gasteiger partial charge on any atom is -0.497 e. The molecule has 132 valence electrons. The molecule has 0 saturated carbocycles. The molecule has 0 unspecified atom stereocenters. The summed E-state index contributed by atoms with van der Waals surface area (Å²) in [7, 11) is 1.61. The number of hydrogen-bond acceptors (Lipinski definition) is 5. The zero-order valence-corrected chi connectivity index (χ0v) is 14.5. The highest BCUT2D eigenvalue weighted by molar-refractivity contribution is 5.93. The molecule has 0 saturated heterocycles. The fourth-order valence-electron chi connectivity index (χ4n) is 2.41. The van der Waals surface area contributed by atoms with E-state index in [9.17, 15) is 4.79 Å². The van der Waals surface area contributed by atoms with Crippen molar-refractivity contribution >= 4 is 17.5 Å². The zero-order valence-electron chi connectivity index (χ0n) is 14.5. The number of nitrogens with one attached hydrogen (secondary N) is 2. The Morgan fingerprint density at radius 1 is 1.04 bits per heavy atom. The van der Waals surface area contributed by atoms with Crippen LogP contribution in [0.2, 0.25) is 0 Å². The van der Waals surface area contributed by atoms with Crippen molar-refractivity contribution in [1.82, 2.24) is 15.3 Å². The summed E-state index contributed by atoms with van der Waals surface area (Å²) in [5, 5.41) is 5.95. The van der Waals surface area contributed by atoms with Crippen molar-refractivity contribution in [2.24, 2.45) is 0 Å². The van der Waals surface area contributed by atoms with Gasteiger partial charge < -0.3 is 15.4 Å². The molecule has 0 radical (unpaired) electrons. The highest BCUT2D eigenvalue weighted by Crippen LogP contribution is 2.19. The number of anilines is 2. The molecule has 0 aliphatic carbocycles. The molecule has 1 amide bonds. The van der Waals surface area contributed by atoms with Crippen molar-refractivity contribution in [3.05, 3.63) is 78.1 Å². The van der Waals surface area contributed by atoms with E-state index in [4.69, 9.17) is 4.74 Å². The monoisotopic (exact) mass is 348 g/mol. The quantitative estimate of drug-likeness (QED) is 0.686. The largest absolute Gasteiger partial charge is 0.497 e. The Morgan fingerprint density at radius 3 is 2.54 bits per heavy atom. The Morgan fingerprint density at radius 2 is 1.81 bits per heavy atom. The third-order valence-electron chi connectivity index (χ3n) is 3.78. The van der Waals surface area contributed by atoms with E-state index in [2.05, 4.69) is 20.6 Å². The van der Waals surface area contributed by atoms with E-state index in [1.807, 2.05) is 54.6 Å². The number of aromatic nitrogens is 2. The Hall–Kier alpha value is -3.41. The van der Waals surface area contributed by atoms with Crippen LogP contribution in [-0.2, 0) is 6.42 Å². The fourth-order valence-corrected chi connectivity index (χ4v) is 2.41. The first kappa shape index (κ1) is 17.4. The first-order valence-corrected chi connectivity index (χ1v) is 8.30. The van der Waals surface area contributed by atoms with E-state index in [0.29, 0.717) is 18.1 Å². The average Bonchev–Trinajstić information content (AvgIpc) is 2.69. The van der Waals surface area contributed by atoms with E-state index in [0.717, 1.165) is 17.9 Å². The van der Waals surface area contributed by atoms with Crippen LogP contribution in [-0.4, -0.2) is 29.5 Å². The summed E-state index contributed by atoms with van der Waals surface area (Å²) in [4.78, 5) is 20.5. The summed E-state index contributed by atoms with van der Waals surface area (Å²) in [6.07, 6.45) is 3.80. The van der Waals surface area contributed by atoms with Crippen LogP contribution >= 0.6 is 0 Å². The molecule has 0 spiro atoms. The third-order valence-corrected chi connectivity index (χ3v) is 3.78. The van der Waals surface area contributed by atoms with Crippen molar-refractivity contribution in [2.75, 3.05) is 19.0 Å². The molecule has 0 aliphatic heterocycles. The smallest absolute Gasteiger partial charge is 0.254 e. The van der Waals surface area contributed by atoms with E-state index in [1.165, 1.54) is 18.0 Å². The highest BCUT2D eigenvalue weighted by atomic mass is 16.5. The van der Waals surface area contributed by atoms with E-state index >= 15 is 0 Å². The van der Waals surface area contributed by atoms with Crippen LogP contribution in [0.3, 0.4) is 0 Å². The van der Waals surface area contributed by atoms with Gasteiger partial charge in [-0.2, -0.15) is 0 Å². The summed E-state index contributed by atoms with van der Waals surface area (Å²) in [5.41, 5.74) is 2.42. The Bertz CT molecular complexity index is 851. The molecule has 0 atom stereocenters.